The molecule has 1 aromatic heterocycles. The average molecular weight is 341 g/mol. The van der Waals surface area contributed by atoms with Crippen molar-refractivity contribution in [1.82, 2.24) is 4.57 Å². The van der Waals surface area contributed by atoms with Gasteiger partial charge < -0.3 is 10.3 Å². The molecule has 0 spiro atoms. The molecule has 0 saturated carbocycles. The first kappa shape index (κ1) is 15.9. The molecule has 22 heavy (non-hydrogen) atoms. The van der Waals surface area contributed by atoms with E-state index in [4.69, 9.17) is 17.3 Å². The van der Waals surface area contributed by atoms with Gasteiger partial charge in [0, 0.05) is 0 Å². The topological polar surface area (TPSA) is 121 Å². The Morgan fingerprint density at radius 2 is 2.09 bits per heavy atom. The number of thiazole rings is 1. The summed E-state index contributed by atoms with van der Waals surface area (Å²) in [7, 11) is 0. The largest absolute Gasteiger partial charge is 0.368 e. The maximum atomic E-state index is 12.1. The highest BCUT2D eigenvalue weighted by Gasteiger charge is 2.15. The van der Waals surface area contributed by atoms with Gasteiger partial charge >= 0.3 is 5.00 Å². The van der Waals surface area contributed by atoms with Gasteiger partial charge in [0.15, 0.2) is 4.80 Å². The lowest BCUT2D eigenvalue weighted by molar-refractivity contribution is -0.380. The molecule has 2 amide bonds. The molecule has 1 heterocycles. The SMILES string of the molecule is NC(=O)Cn1cc([N+](=O)[O-])sc1=NC(=O)c1ccccc1Cl. The molecule has 0 aliphatic rings. The van der Waals surface area contributed by atoms with Crippen molar-refractivity contribution in [2.24, 2.45) is 10.7 Å². The molecule has 8 nitrogen and oxygen atoms in total. The molecule has 2 N–H and O–H groups in total. The molecule has 0 unspecified atom stereocenters. The van der Waals surface area contributed by atoms with Crippen molar-refractivity contribution in [1.29, 1.82) is 0 Å². The van der Waals surface area contributed by atoms with Crippen LogP contribution in [0, 0.1) is 10.1 Å². The van der Waals surface area contributed by atoms with Crippen molar-refractivity contribution in [2.45, 2.75) is 6.54 Å². The minimum atomic E-state index is -0.709. The Morgan fingerprint density at radius 3 is 2.68 bits per heavy atom. The second-order valence-corrected chi connectivity index (χ2v) is 5.49. The Hall–Kier alpha value is -2.52. The zero-order valence-corrected chi connectivity index (χ0v) is 12.5. The second-order valence-electron chi connectivity index (χ2n) is 4.10. The highest BCUT2D eigenvalue weighted by Crippen LogP contribution is 2.17. The molecule has 0 fully saturated rings. The second kappa shape index (κ2) is 6.50. The highest BCUT2D eigenvalue weighted by molar-refractivity contribution is 7.12. The van der Waals surface area contributed by atoms with Crippen LogP contribution >= 0.6 is 22.9 Å². The number of carbonyl (C=O) groups is 2. The number of nitrogens with two attached hydrogens (primary N) is 1. The van der Waals surface area contributed by atoms with E-state index >= 15 is 0 Å². The summed E-state index contributed by atoms with van der Waals surface area (Å²) in [6, 6.07) is 6.28. The van der Waals surface area contributed by atoms with Gasteiger partial charge in [-0.2, -0.15) is 4.99 Å². The van der Waals surface area contributed by atoms with E-state index in [1.165, 1.54) is 12.1 Å². The summed E-state index contributed by atoms with van der Waals surface area (Å²) in [5.74, 6) is -1.38. The number of halogens is 1. The van der Waals surface area contributed by atoms with Crippen molar-refractivity contribution < 1.29 is 14.5 Å². The molecule has 2 rings (SSSR count). The zero-order chi connectivity index (χ0) is 16.3. The van der Waals surface area contributed by atoms with Gasteiger partial charge in [0.2, 0.25) is 5.91 Å². The summed E-state index contributed by atoms with van der Waals surface area (Å²) in [6.07, 6.45) is 1.11. The molecule has 1 aromatic carbocycles. The molecular weight excluding hydrogens is 332 g/mol. The van der Waals surface area contributed by atoms with Gasteiger partial charge in [0.1, 0.15) is 6.54 Å². The van der Waals surface area contributed by atoms with Crippen LogP contribution in [0.4, 0.5) is 5.00 Å². The quantitative estimate of drug-likeness (QED) is 0.666. The first-order chi connectivity index (χ1) is 10.4. The summed E-state index contributed by atoms with van der Waals surface area (Å²) in [5.41, 5.74) is 5.23. The van der Waals surface area contributed by atoms with Crippen LogP contribution in [0.3, 0.4) is 0 Å². The Balaban J connectivity index is 2.50. The summed E-state index contributed by atoms with van der Waals surface area (Å²) >= 11 is 6.56. The van der Waals surface area contributed by atoms with E-state index in [0.717, 1.165) is 10.8 Å². The molecule has 0 radical (unpaired) electrons. The van der Waals surface area contributed by atoms with Gasteiger partial charge in [-0.1, -0.05) is 23.7 Å². The predicted octanol–water partition coefficient (Wildman–Crippen LogP) is 1.34. The van der Waals surface area contributed by atoms with Crippen molar-refractivity contribution >= 4 is 39.8 Å². The molecule has 114 valence electrons. The van der Waals surface area contributed by atoms with Crippen LogP contribution in [0.1, 0.15) is 10.4 Å². The van der Waals surface area contributed by atoms with Crippen LogP contribution in [-0.2, 0) is 11.3 Å². The number of nitro groups is 1. The number of hydrogen-bond donors (Lipinski definition) is 1. The van der Waals surface area contributed by atoms with E-state index < -0.39 is 16.7 Å². The summed E-state index contributed by atoms with van der Waals surface area (Å²) in [4.78, 5) is 37.1. The van der Waals surface area contributed by atoms with Crippen LogP contribution in [-0.4, -0.2) is 21.3 Å². The number of benzene rings is 1. The molecule has 2 aromatic rings. The Bertz CT molecular complexity index is 827. The maximum Gasteiger partial charge on any atom is 0.343 e. The molecular formula is C12H9ClN4O4S. The fraction of sp³-hybridized carbons (Fsp3) is 0.0833. The van der Waals surface area contributed by atoms with Gasteiger partial charge in [0.25, 0.3) is 5.91 Å². The van der Waals surface area contributed by atoms with Gasteiger partial charge in [-0.3, -0.25) is 19.7 Å². The van der Waals surface area contributed by atoms with Gasteiger partial charge in [0.05, 0.1) is 21.7 Å². The summed E-state index contributed by atoms with van der Waals surface area (Å²) in [6.45, 7) is -0.320. The molecule has 0 bridgehead atoms. The standard InChI is InChI=1S/C12H9ClN4O4S/c13-8-4-2-1-3-7(8)11(19)15-12-16(5-9(14)18)6-10(22-12)17(20)21/h1-4,6H,5H2,(H2,14,18). The van der Waals surface area contributed by atoms with Crippen molar-refractivity contribution in [2.75, 3.05) is 0 Å². The van der Waals surface area contributed by atoms with Crippen LogP contribution in [0.25, 0.3) is 0 Å². The number of hydrogen-bond acceptors (Lipinski definition) is 5. The van der Waals surface area contributed by atoms with E-state index in [9.17, 15) is 19.7 Å². The number of carbonyl (C=O) groups excluding carboxylic acids is 2. The van der Waals surface area contributed by atoms with Gasteiger partial charge in [-0.05, 0) is 23.5 Å². The van der Waals surface area contributed by atoms with Crippen LogP contribution in [0.2, 0.25) is 5.02 Å². The molecule has 0 saturated heterocycles. The molecule has 10 heteroatoms. The third-order valence-electron chi connectivity index (χ3n) is 2.52. The van der Waals surface area contributed by atoms with Crippen LogP contribution in [0.15, 0.2) is 35.5 Å². The fourth-order valence-corrected chi connectivity index (χ4v) is 2.62. The number of amides is 2. The molecule has 0 aliphatic carbocycles. The van der Waals surface area contributed by atoms with E-state index in [-0.39, 0.29) is 26.9 Å². The van der Waals surface area contributed by atoms with E-state index in [1.54, 1.807) is 12.1 Å². The van der Waals surface area contributed by atoms with Crippen molar-refractivity contribution in [3.8, 4) is 0 Å². The lowest BCUT2D eigenvalue weighted by Gasteiger charge is -1.99. The van der Waals surface area contributed by atoms with Crippen molar-refractivity contribution in [3.63, 3.8) is 0 Å². The highest BCUT2D eigenvalue weighted by atomic mass is 35.5. The van der Waals surface area contributed by atoms with Crippen LogP contribution in [0.5, 0.6) is 0 Å². The predicted molar refractivity (Wildman–Crippen MR) is 79.5 cm³/mol. The lowest BCUT2D eigenvalue weighted by atomic mass is 10.2. The number of nitrogens with zero attached hydrogens (tertiary/aromatic N) is 3. The van der Waals surface area contributed by atoms with Gasteiger partial charge in [-0.15, -0.1) is 0 Å². The number of aromatic nitrogens is 1. The zero-order valence-electron chi connectivity index (χ0n) is 10.9. The normalized spacial score (nSPS) is 11.4. The summed E-state index contributed by atoms with van der Waals surface area (Å²) in [5, 5.41) is 10.8. The monoisotopic (exact) mass is 340 g/mol. The minimum absolute atomic E-state index is 0.00424. The Kier molecular flexibility index (Phi) is 4.68. The Morgan fingerprint density at radius 1 is 1.41 bits per heavy atom. The Labute approximate surface area is 132 Å². The van der Waals surface area contributed by atoms with E-state index in [2.05, 4.69) is 4.99 Å². The first-order valence-electron chi connectivity index (χ1n) is 5.85. The fourth-order valence-electron chi connectivity index (χ4n) is 1.60. The molecule has 0 aliphatic heterocycles. The number of rotatable bonds is 4. The van der Waals surface area contributed by atoms with Crippen molar-refractivity contribution in [3.05, 3.63) is 56.0 Å². The lowest BCUT2D eigenvalue weighted by Crippen LogP contribution is -2.25. The minimum Gasteiger partial charge on any atom is -0.368 e. The third-order valence-corrected chi connectivity index (χ3v) is 3.82. The maximum absolute atomic E-state index is 12.1. The van der Waals surface area contributed by atoms with Gasteiger partial charge in [-0.25, -0.2) is 0 Å². The number of primary amides is 1. The smallest absolute Gasteiger partial charge is 0.343 e. The average Bonchev–Trinajstić information content (AvgIpc) is 2.81. The van der Waals surface area contributed by atoms with E-state index in [0.29, 0.717) is 11.3 Å². The molecule has 0 atom stereocenters. The third kappa shape index (κ3) is 3.57. The first-order valence-corrected chi connectivity index (χ1v) is 7.04. The van der Waals surface area contributed by atoms with Crippen LogP contribution < -0.4 is 10.5 Å². The van der Waals surface area contributed by atoms with E-state index in [1.807, 2.05) is 0 Å². The summed E-state index contributed by atoms with van der Waals surface area (Å²) < 4.78 is 1.15.